The lowest BCUT2D eigenvalue weighted by Gasteiger charge is -2.03. The van der Waals surface area contributed by atoms with Gasteiger partial charge in [0, 0.05) is 24.1 Å². The summed E-state index contributed by atoms with van der Waals surface area (Å²) in [5.41, 5.74) is 1.60. The minimum atomic E-state index is -0.877. The topological polar surface area (TPSA) is 71.3 Å². The van der Waals surface area contributed by atoms with E-state index in [0.29, 0.717) is 0 Å². The molecule has 1 heterocycles. The molecule has 0 unspecified atom stereocenters. The lowest BCUT2D eigenvalue weighted by atomic mass is 10.1. The molecule has 0 fully saturated rings. The van der Waals surface area contributed by atoms with E-state index in [4.69, 9.17) is 5.11 Å². The molecule has 0 saturated carbocycles. The highest BCUT2D eigenvalue weighted by molar-refractivity contribution is 5.88. The molecule has 0 aliphatic heterocycles. The highest BCUT2D eigenvalue weighted by Crippen LogP contribution is 2.21. The van der Waals surface area contributed by atoms with Crippen LogP contribution in [0.25, 0.3) is 10.9 Å². The largest absolute Gasteiger partial charge is 0.481 e. The van der Waals surface area contributed by atoms with E-state index in [1.54, 1.807) is 17.8 Å². The fourth-order valence-electron chi connectivity index (χ4n) is 1.99. The van der Waals surface area contributed by atoms with Crippen LogP contribution in [0.15, 0.2) is 30.5 Å². The van der Waals surface area contributed by atoms with Gasteiger partial charge in [0.1, 0.15) is 6.54 Å². The summed E-state index contributed by atoms with van der Waals surface area (Å²) in [5.74, 6) is -0.990. The van der Waals surface area contributed by atoms with Crippen molar-refractivity contribution in [3.05, 3.63) is 36.0 Å². The number of carbonyl (C=O) groups excluding carboxylic acids is 1. The first-order valence-corrected chi connectivity index (χ1v) is 5.61. The van der Waals surface area contributed by atoms with Crippen LogP contribution < -0.4 is 5.32 Å². The van der Waals surface area contributed by atoms with E-state index < -0.39 is 5.97 Å². The average Bonchev–Trinajstić information content (AvgIpc) is 2.67. The highest BCUT2D eigenvalue weighted by atomic mass is 16.4. The van der Waals surface area contributed by atoms with Crippen molar-refractivity contribution in [2.45, 2.75) is 13.0 Å². The van der Waals surface area contributed by atoms with E-state index >= 15 is 0 Å². The van der Waals surface area contributed by atoms with Crippen molar-refractivity contribution in [3.8, 4) is 0 Å². The van der Waals surface area contributed by atoms with Crippen LogP contribution in [-0.2, 0) is 22.6 Å². The fraction of sp³-hybridized carbons (Fsp3) is 0.231. The van der Waals surface area contributed by atoms with Crippen LogP contribution in [0, 0.1) is 0 Å². The number of likely N-dealkylation sites (N-methyl/N-ethyl adjacent to an activating group) is 1. The summed E-state index contributed by atoms with van der Waals surface area (Å²) in [5, 5.41) is 12.3. The molecule has 5 heteroatoms. The quantitative estimate of drug-likeness (QED) is 0.845. The first kappa shape index (κ1) is 12.2. The van der Waals surface area contributed by atoms with Crippen molar-refractivity contribution >= 4 is 22.8 Å². The molecule has 0 aliphatic rings. The molecule has 2 N–H and O–H groups in total. The Hall–Kier alpha value is -2.30. The zero-order chi connectivity index (χ0) is 13.1. The summed E-state index contributed by atoms with van der Waals surface area (Å²) in [7, 11) is 1.58. The van der Waals surface area contributed by atoms with Crippen LogP contribution in [0.3, 0.4) is 0 Å². The number of carboxylic acids is 1. The van der Waals surface area contributed by atoms with Crippen molar-refractivity contribution in [1.29, 1.82) is 0 Å². The average molecular weight is 246 g/mol. The van der Waals surface area contributed by atoms with Gasteiger partial charge in [-0.05, 0) is 11.6 Å². The van der Waals surface area contributed by atoms with Gasteiger partial charge in [0.2, 0.25) is 5.91 Å². The van der Waals surface area contributed by atoms with Crippen molar-refractivity contribution < 1.29 is 14.7 Å². The Morgan fingerprint density at radius 1 is 1.33 bits per heavy atom. The third kappa shape index (κ3) is 2.34. The zero-order valence-corrected chi connectivity index (χ0v) is 10.0. The number of fused-ring (bicyclic) bond motifs is 1. The number of para-hydroxylation sites is 1. The molecule has 0 spiro atoms. The number of hydrogen-bond donors (Lipinski definition) is 2. The number of amides is 1. The number of hydrogen-bond acceptors (Lipinski definition) is 2. The van der Waals surface area contributed by atoms with Crippen molar-refractivity contribution in [1.82, 2.24) is 9.88 Å². The predicted octanol–water partition coefficient (Wildman–Crippen LogP) is 1.01. The number of aliphatic carboxylic acids is 1. The van der Waals surface area contributed by atoms with E-state index in [9.17, 15) is 9.59 Å². The maximum atomic E-state index is 11.4. The third-order valence-corrected chi connectivity index (χ3v) is 2.81. The first-order chi connectivity index (χ1) is 8.61. The van der Waals surface area contributed by atoms with Crippen LogP contribution in [0.2, 0.25) is 0 Å². The lowest BCUT2D eigenvalue weighted by Crippen LogP contribution is -2.23. The van der Waals surface area contributed by atoms with Crippen molar-refractivity contribution in [3.63, 3.8) is 0 Å². The van der Waals surface area contributed by atoms with E-state index in [-0.39, 0.29) is 18.9 Å². The molecule has 0 saturated heterocycles. The molecule has 1 amide bonds. The summed E-state index contributed by atoms with van der Waals surface area (Å²) < 4.78 is 1.77. The molecule has 5 nitrogen and oxygen atoms in total. The number of benzene rings is 1. The van der Waals surface area contributed by atoms with Gasteiger partial charge in [-0.2, -0.15) is 0 Å². The van der Waals surface area contributed by atoms with Gasteiger partial charge in [-0.15, -0.1) is 0 Å². The van der Waals surface area contributed by atoms with Gasteiger partial charge in [0.15, 0.2) is 0 Å². The Morgan fingerprint density at radius 3 is 2.72 bits per heavy atom. The number of aromatic nitrogens is 1. The molecule has 0 radical (unpaired) electrons. The van der Waals surface area contributed by atoms with E-state index in [2.05, 4.69) is 5.32 Å². The lowest BCUT2D eigenvalue weighted by molar-refractivity contribution is -0.136. The van der Waals surface area contributed by atoms with Crippen LogP contribution in [0.4, 0.5) is 0 Å². The number of rotatable bonds is 4. The van der Waals surface area contributed by atoms with Crippen LogP contribution >= 0.6 is 0 Å². The molecule has 1 aromatic carbocycles. The van der Waals surface area contributed by atoms with Crippen LogP contribution in [-0.4, -0.2) is 28.6 Å². The minimum Gasteiger partial charge on any atom is -0.481 e. The Bertz CT molecular complexity index is 601. The zero-order valence-electron chi connectivity index (χ0n) is 10.0. The predicted molar refractivity (Wildman–Crippen MR) is 67.3 cm³/mol. The van der Waals surface area contributed by atoms with Gasteiger partial charge < -0.3 is 15.0 Å². The monoisotopic (exact) mass is 246 g/mol. The van der Waals surface area contributed by atoms with Gasteiger partial charge in [-0.3, -0.25) is 9.59 Å². The van der Waals surface area contributed by atoms with E-state index in [0.717, 1.165) is 16.5 Å². The molecule has 0 atom stereocenters. The number of nitrogens with zero attached hydrogens (tertiary/aromatic N) is 1. The summed E-state index contributed by atoms with van der Waals surface area (Å²) >= 11 is 0. The minimum absolute atomic E-state index is 0.0404. The van der Waals surface area contributed by atoms with Gasteiger partial charge in [-0.1, -0.05) is 18.2 Å². The Morgan fingerprint density at radius 2 is 2.06 bits per heavy atom. The first-order valence-electron chi connectivity index (χ1n) is 5.61. The molecular weight excluding hydrogens is 232 g/mol. The second kappa shape index (κ2) is 4.91. The molecule has 2 rings (SSSR count). The maximum Gasteiger partial charge on any atom is 0.307 e. The summed E-state index contributed by atoms with van der Waals surface area (Å²) in [6, 6.07) is 7.47. The smallest absolute Gasteiger partial charge is 0.307 e. The molecular formula is C13H14N2O3. The van der Waals surface area contributed by atoms with Crippen LogP contribution in [0.1, 0.15) is 5.56 Å². The third-order valence-electron chi connectivity index (χ3n) is 2.81. The standard InChI is InChI=1S/C13H14N2O3/c1-14-12(16)8-15-7-9(6-13(17)18)10-4-2-3-5-11(10)15/h2-5,7H,6,8H2,1H3,(H,14,16)(H,17,18). The molecule has 94 valence electrons. The molecule has 0 bridgehead atoms. The molecule has 18 heavy (non-hydrogen) atoms. The fourth-order valence-corrected chi connectivity index (χ4v) is 1.99. The normalized spacial score (nSPS) is 10.5. The summed E-state index contributed by atoms with van der Waals surface area (Å²) in [6.07, 6.45) is 1.69. The van der Waals surface area contributed by atoms with Gasteiger partial charge in [0.25, 0.3) is 0 Å². The Kier molecular flexibility index (Phi) is 3.32. The Balaban J connectivity index is 2.47. The summed E-state index contributed by atoms with van der Waals surface area (Å²) in [4.78, 5) is 22.2. The van der Waals surface area contributed by atoms with E-state index in [1.807, 2.05) is 24.3 Å². The van der Waals surface area contributed by atoms with Gasteiger partial charge in [-0.25, -0.2) is 0 Å². The molecule has 2 aromatic rings. The SMILES string of the molecule is CNC(=O)Cn1cc(CC(=O)O)c2ccccc21. The second-order valence-corrected chi connectivity index (χ2v) is 4.04. The maximum absolute atomic E-state index is 11.4. The second-order valence-electron chi connectivity index (χ2n) is 4.04. The highest BCUT2D eigenvalue weighted by Gasteiger charge is 2.12. The summed E-state index contributed by atoms with van der Waals surface area (Å²) in [6.45, 7) is 0.191. The number of nitrogens with one attached hydrogen (secondary N) is 1. The molecule has 0 aliphatic carbocycles. The van der Waals surface area contributed by atoms with E-state index in [1.165, 1.54) is 0 Å². The molecule has 1 aromatic heterocycles. The number of carbonyl (C=O) groups is 2. The number of carboxylic acid groups (broad SMARTS) is 1. The van der Waals surface area contributed by atoms with Gasteiger partial charge in [0.05, 0.1) is 6.42 Å². The van der Waals surface area contributed by atoms with Crippen molar-refractivity contribution in [2.75, 3.05) is 7.05 Å². The van der Waals surface area contributed by atoms with Crippen LogP contribution in [0.5, 0.6) is 0 Å². The Labute approximate surface area is 104 Å². The van der Waals surface area contributed by atoms with Crippen molar-refractivity contribution in [2.24, 2.45) is 0 Å². The van der Waals surface area contributed by atoms with Gasteiger partial charge >= 0.3 is 5.97 Å².